The van der Waals surface area contributed by atoms with E-state index in [-0.39, 0.29) is 11.4 Å². The molecule has 0 saturated carbocycles. The standard InChI is InChI=1S/C9H9NO5S2/c10-17(11,12)7-4-5-3-6(16-9(5)15-7)8-13-1-2-14-8/h3-4,8H,1-2H2,(H2,10,11,12). The molecule has 3 rings (SSSR count). The molecule has 92 valence electrons. The van der Waals surface area contributed by atoms with Gasteiger partial charge >= 0.3 is 0 Å². The first kappa shape index (κ1) is 11.2. The smallest absolute Gasteiger partial charge is 0.271 e. The number of furan rings is 1. The van der Waals surface area contributed by atoms with Crippen molar-refractivity contribution in [1.82, 2.24) is 0 Å². The Labute approximate surface area is 101 Å². The van der Waals surface area contributed by atoms with Crippen LogP contribution in [0.15, 0.2) is 21.6 Å². The van der Waals surface area contributed by atoms with Gasteiger partial charge in [-0.05, 0) is 6.07 Å². The molecule has 1 fully saturated rings. The second kappa shape index (κ2) is 3.79. The number of hydrogen-bond donors (Lipinski definition) is 1. The average molecular weight is 275 g/mol. The molecule has 1 aliphatic heterocycles. The summed E-state index contributed by atoms with van der Waals surface area (Å²) in [5.41, 5.74) is 0. The molecule has 1 saturated heterocycles. The van der Waals surface area contributed by atoms with E-state index >= 15 is 0 Å². The number of rotatable bonds is 2. The van der Waals surface area contributed by atoms with E-state index in [1.807, 2.05) is 0 Å². The van der Waals surface area contributed by atoms with Crippen molar-refractivity contribution in [1.29, 1.82) is 0 Å². The first-order valence-electron chi connectivity index (χ1n) is 4.83. The highest BCUT2D eigenvalue weighted by atomic mass is 32.2. The van der Waals surface area contributed by atoms with Gasteiger partial charge in [-0.15, -0.1) is 0 Å². The van der Waals surface area contributed by atoms with Crippen LogP contribution in [0.2, 0.25) is 0 Å². The van der Waals surface area contributed by atoms with Crippen LogP contribution in [0.3, 0.4) is 0 Å². The SMILES string of the molecule is NS(=O)(=O)c1cc2cc(C3OCCO3)sc2o1. The maximum Gasteiger partial charge on any atom is 0.271 e. The molecule has 0 unspecified atom stereocenters. The van der Waals surface area contributed by atoms with Gasteiger partial charge in [-0.3, -0.25) is 0 Å². The minimum atomic E-state index is -3.79. The highest BCUT2D eigenvalue weighted by Gasteiger charge is 2.23. The second-order valence-corrected chi connectivity index (χ2v) is 6.11. The van der Waals surface area contributed by atoms with Crippen LogP contribution in [-0.4, -0.2) is 21.6 Å². The van der Waals surface area contributed by atoms with E-state index < -0.39 is 10.0 Å². The Bertz CT molecular complexity index is 619. The van der Waals surface area contributed by atoms with Gasteiger partial charge < -0.3 is 13.9 Å². The second-order valence-electron chi connectivity index (χ2n) is 3.58. The molecular weight excluding hydrogens is 266 g/mol. The largest absolute Gasteiger partial charge is 0.433 e. The van der Waals surface area contributed by atoms with Crippen LogP contribution in [0.4, 0.5) is 0 Å². The third kappa shape index (κ3) is 1.98. The Morgan fingerprint density at radius 1 is 1.29 bits per heavy atom. The Kier molecular flexibility index (Phi) is 2.49. The van der Waals surface area contributed by atoms with E-state index in [0.717, 1.165) is 4.88 Å². The summed E-state index contributed by atoms with van der Waals surface area (Å²) in [6, 6.07) is 3.19. The molecule has 0 aliphatic carbocycles. The fraction of sp³-hybridized carbons (Fsp3) is 0.333. The third-order valence-electron chi connectivity index (χ3n) is 2.35. The van der Waals surface area contributed by atoms with E-state index in [9.17, 15) is 8.42 Å². The molecule has 1 aliphatic rings. The predicted octanol–water partition coefficient (Wildman–Crippen LogP) is 1.19. The lowest BCUT2D eigenvalue weighted by Gasteiger charge is -2.04. The summed E-state index contributed by atoms with van der Waals surface area (Å²) in [4.78, 5) is 1.36. The molecule has 0 spiro atoms. The van der Waals surface area contributed by atoms with Crippen molar-refractivity contribution in [2.45, 2.75) is 11.4 Å². The summed E-state index contributed by atoms with van der Waals surface area (Å²) >= 11 is 1.29. The number of sulfonamides is 1. The minimum Gasteiger partial charge on any atom is -0.433 e. The Morgan fingerprint density at radius 2 is 2.00 bits per heavy atom. The number of ether oxygens (including phenoxy) is 2. The molecule has 2 aromatic rings. The van der Waals surface area contributed by atoms with Crippen molar-refractivity contribution in [3.05, 3.63) is 17.0 Å². The van der Waals surface area contributed by atoms with Gasteiger partial charge in [-0.1, -0.05) is 11.3 Å². The summed E-state index contributed by atoms with van der Waals surface area (Å²) in [6.45, 7) is 1.12. The van der Waals surface area contributed by atoms with Gasteiger partial charge in [0.2, 0.25) is 5.09 Å². The molecular formula is C9H9NO5S2. The zero-order chi connectivity index (χ0) is 12.0. The van der Waals surface area contributed by atoms with Crippen LogP contribution in [0.5, 0.6) is 0 Å². The van der Waals surface area contributed by atoms with Crippen LogP contribution < -0.4 is 5.14 Å². The average Bonchev–Trinajstić information content (AvgIpc) is 2.90. The maximum absolute atomic E-state index is 11.1. The van der Waals surface area contributed by atoms with Gasteiger partial charge in [-0.2, -0.15) is 0 Å². The molecule has 2 aromatic heterocycles. The molecule has 0 atom stereocenters. The first-order chi connectivity index (χ1) is 8.04. The predicted molar refractivity (Wildman–Crippen MR) is 60.1 cm³/mol. The minimum absolute atomic E-state index is 0.224. The zero-order valence-corrected chi connectivity index (χ0v) is 10.2. The molecule has 17 heavy (non-hydrogen) atoms. The van der Waals surface area contributed by atoms with Crippen molar-refractivity contribution in [2.24, 2.45) is 5.14 Å². The number of fused-ring (bicyclic) bond motifs is 1. The van der Waals surface area contributed by atoms with Crippen LogP contribution in [0, 0.1) is 0 Å². The highest BCUT2D eigenvalue weighted by molar-refractivity contribution is 7.89. The van der Waals surface area contributed by atoms with Crippen molar-refractivity contribution >= 4 is 31.6 Å². The van der Waals surface area contributed by atoms with Gasteiger partial charge in [0.1, 0.15) is 0 Å². The monoisotopic (exact) mass is 275 g/mol. The summed E-state index contributed by atoms with van der Waals surface area (Å²) in [7, 11) is -3.79. The lowest BCUT2D eigenvalue weighted by molar-refractivity contribution is -0.0412. The van der Waals surface area contributed by atoms with Gasteiger partial charge in [0.05, 0.1) is 18.1 Å². The van der Waals surface area contributed by atoms with Gasteiger partial charge in [0, 0.05) is 11.5 Å². The number of thiophene rings is 1. The Morgan fingerprint density at radius 3 is 2.59 bits per heavy atom. The maximum atomic E-state index is 11.1. The molecule has 0 bridgehead atoms. The fourth-order valence-corrected chi connectivity index (χ4v) is 3.16. The summed E-state index contributed by atoms with van der Waals surface area (Å²) in [5.74, 6) is 0. The summed E-state index contributed by atoms with van der Waals surface area (Å²) in [6.07, 6.45) is -0.375. The van der Waals surface area contributed by atoms with E-state index in [1.54, 1.807) is 6.07 Å². The number of hydrogen-bond acceptors (Lipinski definition) is 6. The third-order valence-corrected chi connectivity index (χ3v) is 4.16. The van der Waals surface area contributed by atoms with Crippen molar-refractivity contribution in [2.75, 3.05) is 13.2 Å². The van der Waals surface area contributed by atoms with Crippen molar-refractivity contribution in [3.63, 3.8) is 0 Å². The number of nitrogens with two attached hydrogens (primary N) is 1. The lowest BCUT2D eigenvalue weighted by atomic mass is 10.3. The number of primary sulfonamides is 1. The van der Waals surface area contributed by atoms with Crippen molar-refractivity contribution in [3.8, 4) is 0 Å². The van der Waals surface area contributed by atoms with E-state index in [4.69, 9.17) is 19.0 Å². The summed E-state index contributed by atoms with van der Waals surface area (Å²) < 4.78 is 38.0. The van der Waals surface area contributed by atoms with Crippen LogP contribution in [0.1, 0.15) is 11.2 Å². The van der Waals surface area contributed by atoms with Gasteiger partial charge in [-0.25, -0.2) is 13.6 Å². The van der Waals surface area contributed by atoms with Crippen LogP contribution >= 0.6 is 11.3 Å². The van der Waals surface area contributed by atoms with E-state index in [1.165, 1.54) is 17.4 Å². The molecule has 8 heteroatoms. The van der Waals surface area contributed by atoms with Crippen LogP contribution in [0.25, 0.3) is 10.3 Å². The molecule has 3 heterocycles. The van der Waals surface area contributed by atoms with Gasteiger partial charge in [0.25, 0.3) is 10.0 Å². The molecule has 0 amide bonds. The van der Waals surface area contributed by atoms with E-state index in [0.29, 0.717) is 23.5 Å². The quantitative estimate of drug-likeness (QED) is 0.888. The highest BCUT2D eigenvalue weighted by Crippen LogP contribution is 2.36. The van der Waals surface area contributed by atoms with Crippen molar-refractivity contribution < 1.29 is 22.3 Å². The Hall–Kier alpha value is -0.930. The van der Waals surface area contributed by atoms with Crippen LogP contribution in [-0.2, 0) is 19.5 Å². The molecule has 6 nitrogen and oxygen atoms in total. The van der Waals surface area contributed by atoms with E-state index in [2.05, 4.69) is 0 Å². The zero-order valence-electron chi connectivity index (χ0n) is 8.58. The molecule has 0 radical (unpaired) electrons. The normalized spacial score (nSPS) is 18.2. The topological polar surface area (TPSA) is 91.8 Å². The molecule has 0 aromatic carbocycles. The fourth-order valence-electron chi connectivity index (χ4n) is 1.61. The van der Waals surface area contributed by atoms with Gasteiger partial charge in [0.15, 0.2) is 11.2 Å². The summed E-state index contributed by atoms with van der Waals surface area (Å²) in [5, 5.41) is 5.44. The Balaban J connectivity index is 2.01. The lowest BCUT2D eigenvalue weighted by Crippen LogP contribution is -2.10. The first-order valence-corrected chi connectivity index (χ1v) is 7.19. The molecule has 2 N–H and O–H groups in total.